The largest absolute Gasteiger partial charge is 0.768 e. The summed E-state index contributed by atoms with van der Waals surface area (Å²) in [5, 5.41) is 0. The van der Waals surface area contributed by atoms with Gasteiger partial charge in [0.15, 0.2) is 0 Å². The van der Waals surface area contributed by atoms with Gasteiger partial charge in [-0.05, 0) is 11.1 Å². The average Bonchev–Trinajstić information content (AvgIpc) is 1.90. The molecule has 0 aliphatic heterocycles. The second-order valence-corrected chi connectivity index (χ2v) is 2.25. The normalized spacial score (nSPS) is 13.0. The number of nitrogens with zero attached hydrogens (tertiary/aromatic N) is 2. The van der Waals surface area contributed by atoms with E-state index in [1.807, 2.05) is 0 Å². The van der Waals surface area contributed by atoms with Crippen molar-refractivity contribution < 1.29 is 8.76 Å². The van der Waals surface area contributed by atoms with E-state index in [1.54, 1.807) is 0 Å². The summed E-state index contributed by atoms with van der Waals surface area (Å²) in [5.41, 5.74) is 0. The van der Waals surface area contributed by atoms with Crippen LogP contribution in [0, 0.1) is 0 Å². The van der Waals surface area contributed by atoms with Crippen LogP contribution >= 0.6 is 0 Å². The molecule has 48 valence electrons. The van der Waals surface area contributed by atoms with Gasteiger partial charge in [-0.25, -0.2) is 9.97 Å². The lowest BCUT2D eigenvalue weighted by Crippen LogP contribution is -1.89. The van der Waals surface area contributed by atoms with Gasteiger partial charge in [0.05, 0.1) is 4.90 Å². The molecule has 0 bridgehead atoms. The van der Waals surface area contributed by atoms with Crippen LogP contribution < -0.4 is 0 Å². The average molecular weight is 143 g/mol. The minimum absolute atomic E-state index is 0.109. The molecule has 1 atom stereocenters. The summed E-state index contributed by atoms with van der Waals surface area (Å²) in [6.45, 7) is 0. The van der Waals surface area contributed by atoms with E-state index in [-0.39, 0.29) is 4.90 Å². The van der Waals surface area contributed by atoms with Crippen molar-refractivity contribution >= 4 is 11.1 Å². The summed E-state index contributed by atoms with van der Waals surface area (Å²) in [4.78, 5) is 7.11. The minimum atomic E-state index is -2.20. The molecule has 0 spiro atoms. The zero-order chi connectivity index (χ0) is 6.69. The number of aromatic nitrogens is 2. The molecule has 1 aromatic heterocycles. The van der Waals surface area contributed by atoms with E-state index in [0.717, 1.165) is 0 Å². The van der Waals surface area contributed by atoms with Crippen molar-refractivity contribution in [1.29, 1.82) is 0 Å². The number of rotatable bonds is 1. The van der Waals surface area contributed by atoms with Gasteiger partial charge < -0.3 is 4.55 Å². The van der Waals surface area contributed by atoms with Crippen LogP contribution in [-0.2, 0) is 11.1 Å². The van der Waals surface area contributed by atoms with Gasteiger partial charge in [-0.3, -0.25) is 4.21 Å². The first-order valence-corrected chi connectivity index (χ1v) is 3.22. The molecule has 1 rings (SSSR count). The first-order chi connectivity index (χ1) is 4.30. The van der Waals surface area contributed by atoms with Crippen molar-refractivity contribution in [2.75, 3.05) is 0 Å². The Morgan fingerprint density at radius 1 is 1.44 bits per heavy atom. The summed E-state index contributed by atoms with van der Waals surface area (Å²) in [7, 11) is 0. The highest BCUT2D eigenvalue weighted by Crippen LogP contribution is 1.95. The predicted molar refractivity (Wildman–Crippen MR) is 29.2 cm³/mol. The van der Waals surface area contributed by atoms with Crippen LogP contribution in [0.15, 0.2) is 23.6 Å². The van der Waals surface area contributed by atoms with Crippen LogP contribution in [0.1, 0.15) is 0 Å². The molecule has 0 radical (unpaired) electrons. The molecule has 5 heteroatoms. The van der Waals surface area contributed by atoms with Gasteiger partial charge in [0.2, 0.25) is 0 Å². The van der Waals surface area contributed by atoms with Crippen molar-refractivity contribution in [3.63, 3.8) is 0 Å². The first-order valence-electron chi connectivity index (χ1n) is 2.15. The Kier molecular flexibility index (Phi) is 1.86. The van der Waals surface area contributed by atoms with E-state index in [1.165, 1.54) is 18.7 Å². The zero-order valence-corrected chi connectivity index (χ0v) is 5.17. The number of hydrogen-bond acceptors (Lipinski definition) is 4. The fraction of sp³-hybridized carbons (Fsp3) is 0. The van der Waals surface area contributed by atoms with Crippen molar-refractivity contribution in [3.8, 4) is 0 Å². The van der Waals surface area contributed by atoms with Crippen molar-refractivity contribution in [2.45, 2.75) is 4.90 Å². The molecular weight excluding hydrogens is 140 g/mol. The van der Waals surface area contributed by atoms with E-state index < -0.39 is 11.1 Å². The SMILES string of the molecule is O=S([O-])c1cncnc1. The molecular formula is C4H3N2O2S-. The molecule has 1 aromatic rings. The Balaban J connectivity index is 2.98. The molecule has 0 aromatic carbocycles. The highest BCUT2D eigenvalue weighted by Gasteiger charge is 1.87. The van der Waals surface area contributed by atoms with Crippen molar-refractivity contribution in [1.82, 2.24) is 9.97 Å². The minimum Gasteiger partial charge on any atom is -0.768 e. The zero-order valence-electron chi connectivity index (χ0n) is 4.35. The van der Waals surface area contributed by atoms with Crippen LogP contribution in [-0.4, -0.2) is 18.7 Å². The molecule has 0 aliphatic rings. The predicted octanol–water partition coefficient (Wildman–Crippen LogP) is -0.285. The third kappa shape index (κ3) is 1.55. The van der Waals surface area contributed by atoms with E-state index >= 15 is 0 Å². The Hall–Kier alpha value is -0.810. The summed E-state index contributed by atoms with van der Waals surface area (Å²) < 4.78 is 20.2. The molecule has 0 aliphatic carbocycles. The van der Waals surface area contributed by atoms with Crippen LogP contribution in [0.3, 0.4) is 0 Å². The van der Waals surface area contributed by atoms with E-state index in [9.17, 15) is 8.76 Å². The van der Waals surface area contributed by atoms with E-state index in [0.29, 0.717) is 0 Å². The molecule has 1 unspecified atom stereocenters. The lowest BCUT2D eigenvalue weighted by Gasteiger charge is -2.00. The van der Waals surface area contributed by atoms with E-state index in [2.05, 4.69) is 9.97 Å². The molecule has 4 nitrogen and oxygen atoms in total. The van der Waals surface area contributed by atoms with Gasteiger partial charge in [-0.2, -0.15) is 0 Å². The lowest BCUT2D eigenvalue weighted by molar-refractivity contribution is 0.536. The third-order valence-corrected chi connectivity index (χ3v) is 1.33. The standard InChI is InChI=1S/C4H4N2O2S/c7-9(8)4-1-5-3-6-2-4/h1-3H,(H,7,8)/p-1. The first kappa shape index (κ1) is 6.31. The monoisotopic (exact) mass is 143 g/mol. The van der Waals surface area contributed by atoms with Gasteiger partial charge in [-0.1, -0.05) is 0 Å². The highest BCUT2D eigenvalue weighted by molar-refractivity contribution is 7.79. The lowest BCUT2D eigenvalue weighted by atomic mass is 10.7. The molecule has 0 amide bonds. The smallest absolute Gasteiger partial charge is 0.115 e. The maximum absolute atomic E-state index is 10.1. The molecule has 0 saturated heterocycles. The molecule has 0 fully saturated rings. The summed E-state index contributed by atoms with van der Waals surface area (Å²) in [6.07, 6.45) is 3.74. The van der Waals surface area contributed by atoms with Crippen molar-refractivity contribution in [2.24, 2.45) is 0 Å². The van der Waals surface area contributed by atoms with Gasteiger partial charge in [0, 0.05) is 12.4 Å². The molecule has 1 heterocycles. The van der Waals surface area contributed by atoms with Crippen LogP contribution in [0.5, 0.6) is 0 Å². The fourth-order valence-corrected chi connectivity index (χ4v) is 0.665. The summed E-state index contributed by atoms with van der Waals surface area (Å²) >= 11 is -2.20. The Labute approximate surface area is 54.2 Å². The Morgan fingerprint density at radius 3 is 2.33 bits per heavy atom. The summed E-state index contributed by atoms with van der Waals surface area (Å²) in [6, 6.07) is 0. The quantitative estimate of drug-likeness (QED) is 0.507. The topological polar surface area (TPSA) is 65.9 Å². The maximum Gasteiger partial charge on any atom is 0.115 e. The second kappa shape index (κ2) is 2.65. The van der Waals surface area contributed by atoms with Gasteiger partial charge in [-0.15, -0.1) is 0 Å². The van der Waals surface area contributed by atoms with Crippen LogP contribution in [0.4, 0.5) is 0 Å². The van der Waals surface area contributed by atoms with Gasteiger partial charge in [0.1, 0.15) is 6.33 Å². The maximum atomic E-state index is 10.1. The summed E-state index contributed by atoms with van der Waals surface area (Å²) in [5.74, 6) is 0. The molecule has 9 heavy (non-hydrogen) atoms. The second-order valence-electron chi connectivity index (χ2n) is 1.31. The van der Waals surface area contributed by atoms with Crippen LogP contribution in [0.2, 0.25) is 0 Å². The molecule has 0 saturated carbocycles. The highest BCUT2D eigenvalue weighted by atomic mass is 32.2. The fourth-order valence-electron chi connectivity index (χ4n) is 0.371. The van der Waals surface area contributed by atoms with Crippen LogP contribution in [0.25, 0.3) is 0 Å². The number of hydrogen-bond donors (Lipinski definition) is 0. The Morgan fingerprint density at radius 2 is 2.00 bits per heavy atom. The van der Waals surface area contributed by atoms with Crippen molar-refractivity contribution in [3.05, 3.63) is 18.7 Å². The Bertz CT molecular complexity index is 213. The van der Waals surface area contributed by atoms with Gasteiger partial charge in [0.25, 0.3) is 0 Å². The van der Waals surface area contributed by atoms with E-state index in [4.69, 9.17) is 0 Å². The molecule has 0 N–H and O–H groups in total. The third-order valence-electron chi connectivity index (χ3n) is 0.729. The van der Waals surface area contributed by atoms with Gasteiger partial charge >= 0.3 is 0 Å².